The third kappa shape index (κ3) is 5.95. The topological polar surface area (TPSA) is 57.1 Å². The predicted molar refractivity (Wildman–Crippen MR) is 154 cm³/mol. The lowest BCUT2D eigenvalue weighted by atomic mass is 10.00. The number of carbonyl (C=O) groups excluding carboxylic acids is 1. The third-order valence-corrected chi connectivity index (χ3v) is 8.85. The molecular weight excluding hydrogens is 564 g/mol. The summed E-state index contributed by atoms with van der Waals surface area (Å²) < 4.78 is 63.5. The van der Waals surface area contributed by atoms with Gasteiger partial charge in [0.2, 0.25) is 0 Å². The second-order valence-electron chi connectivity index (χ2n) is 11.6. The molecule has 3 aliphatic rings. The van der Waals surface area contributed by atoms with E-state index in [1.54, 1.807) is 28.8 Å². The van der Waals surface area contributed by atoms with Crippen molar-refractivity contribution < 1.29 is 27.1 Å². The molecule has 3 aromatic rings. The highest BCUT2D eigenvalue weighted by Gasteiger charge is 2.40. The standard InChI is InChI=1S/C31H36F4N6O2/c1-21-6-5-9-27(32)28(21)38-12-10-24(11-13-38)40-18-23-16-39(15-14-37-19-25(20-37)43-2)36-29(23)41(30(40)42)17-22-7-3-4-8-26(22)31(33,34)35/h3-9,16,24-25H,10-15,17-20H2,1-2H3. The number of ether oxygens (including phenoxy) is 1. The lowest BCUT2D eigenvalue weighted by Crippen LogP contribution is -2.54. The number of aryl methyl sites for hydroxylation is 1. The van der Waals surface area contributed by atoms with Gasteiger partial charge in [0.25, 0.3) is 0 Å². The number of piperidine rings is 1. The Hall–Kier alpha value is -3.64. The Bertz CT molecular complexity index is 1440. The summed E-state index contributed by atoms with van der Waals surface area (Å²) in [5.41, 5.74) is 1.49. The van der Waals surface area contributed by atoms with Gasteiger partial charge in [-0.3, -0.25) is 14.5 Å². The Balaban J connectivity index is 1.24. The number of aromatic nitrogens is 2. The van der Waals surface area contributed by atoms with Crippen LogP contribution >= 0.6 is 0 Å². The molecule has 3 aliphatic heterocycles. The molecule has 0 bridgehead atoms. The number of likely N-dealkylation sites (tertiary alicyclic amines) is 1. The number of benzene rings is 2. The van der Waals surface area contributed by atoms with Gasteiger partial charge >= 0.3 is 12.2 Å². The number of fused-ring (bicyclic) bond motifs is 1. The van der Waals surface area contributed by atoms with Crippen LogP contribution in [0.25, 0.3) is 0 Å². The summed E-state index contributed by atoms with van der Waals surface area (Å²) in [5.74, 6) is 0.131. The van der Waals surface area contributed by atoms with Gasteiger partial charge in [-0.25, -0.2) is 9.18 Å². The summed E-state index contributed by atoms with van der Waals surface area (Å²) in [6.07, 6.45) is -1.18. The Morgan fingerprint density at radius 2 is 1.77 bits per heavy atom. The van der Waals surface area contributed by atoms with Crippen molar-refractivity contribution in [2.75, 3.05) is 49.6 Å². The Morgan fingerprint density at radius 1 is 1.02 bits per heavy atom. The summed E-state index contributed by atoms with van der Waals surface area (Å²) in [6, 6.07) is 9.89. The smallest absolute Gasteiger partial charge is 0.379 e. The number of nitrogens with zero attached hydrogens (tertiary/aromatic N) is 6. The van der Waals surface area contributed by atoms with E-state index in [-0.39, 0.29) is 36.1 Å². The van der Waals surface area contributed by atoms with E-state index in [1.165, 1.54) is 23.1 Å². The van der Waals surface area contributed by atoms with Gasteiger partial charge in [0.1, 0.15) is 5.82 Å². The zero-order chi connectivity index (χ0) is 30.3. The minimum absolute atomic E-state index is 0.0155. The van der Waals surface area contributed by atoms with E-state index in [0.29, 0.717) is 50.5 Å². The lowest BCUT2D eigenvalue weighted by molar-refractivity contribution is -0.138. The molecule has 0 atom stereocenters. The van der Waals surface area contributed by atoms with Crippen LogP contribution in [0.3, 0.4) is 0 Å². The summed E-state index contributed by atoms with van der Waals surface area (Å²) in [5, 5.41) is 4.70. The van der Waals surface area contributed by atoms with Crippen molar-refractivity contribution in [3.05, 3.63) is 76.7 Å². The molecule has 2 amide bonds. The molecule has 6 rings (SSSR count). The van der Waals surface area contributed by atoms with Gasteiger partial charge in [0.15, 0.2) is 5.82 Å². The first kappa shape index (κ1) is 29.4. The Kier molecular flexibility index (Phi) is 8.08. The first-order chi connectivity index (χ1) is 20.6. The number of methoxy groups -OCH3 is 1. The van der Waals surface area contributed by atoms with E-state index in [2.05, 4.69) is 4.90 Å². The number of halogens is 4. The average molecular weight is 601 g/mol. The van der Waals surface area contributed by atoms with Crippen molar-refractivity contribution >= 4 is 17.5 Å². The minimum Gasteiger partial charge on any atom is -0.379 e. The van der Waals surface area contributed by atoms with Crippen molar-refractivity contribution in [1.29, 1.82) is 0 Å². The fourth-order valence-electron chi connectivity index (χ4n) is 6.46. The molecule has 4 heterocycles. The minimum atomic E-state index is -4.55. The van der Waals surface area contributed by atoms with Gasteiger partial charge in [-0.2, -0.15) is 18.3 Å². The second-order valence-corrected chi connectivity index (χ2v) is 11.6. The molecule has 8 nitrogen and oxygen atoms in total. The van der Waals surface area contributed by atoms with Crippen molar-refractivity contribution in [3.8, 4) is 0 Å². The molecule has 0 aliphatic carbocycles. The lowest BCUT2D eigenvalue weighted by Gasteiger charge is -2.43. The number of alkyl halides is 3. The number of urea groups is 1. The van der Waals surface area contributed by atoms with Gasteiger partial charge in [0.05, 0.1) is 37.0 Å². The highest BCUT2D eigenvalue weighted by molar-refractivity contribution is 5.94. The molecule has 1 aromatic heterocycles. The highest BCUT2D eigenvalue weighted by Crippen LogP contribution is 2.37. The first-order valence-corrected chi connectivity index (χ1v) is 14.7. The summed E-state index contributed by atoms with van der Waals surface area (Å²) in [4.78, 5) is 21.4. The number of hydrogen-bond acceptors (Lipinski definition) is 5. The van der Waals surface area contributed by atoms with Crippen LogP contribution in [-0.4, -0.2) is 77.6 Å². The molecule has 43 heavy (non-hydrogen) atoms. The molecule has 12 heteroatoms. The number of carbonyl (C=O) groups is 1. The molecular formula is C31H36F4N6O2. The quantitative estimate of drug-likeness (QED) is 0.329. The normalized spacial score (nSPS) is 18.7. The van der Waals surface area contributed by atoms with E-state index < -0.39 is 11.7 Å². The van der Waals surface area contributed by atoms with Crippen LogP contribution in [0.4, 0.5) is 33.9 Å². The Labute approximate surface area is 248 Å². The summed E-state index contributed by atoms with van der Waals surface area (Å²) >= 11 is 0. The van der Waals surface area contributed by atoms with Crippen molar-refractivity contribution in [2.45, 2.75) is 57.7 Å². The third-order valence-electron chi connectivity index (χ3n) is 8.85. The predicted octanol–water partition coefficient (Wildman–Crippen LogP) is 5.29. The molecule has 230 valence electrons. The largest absolute Gasteiger partial charge is 0.416 e. The molecule has 2 aromatic carbocycles. The number of rotatable bonds is 8. The molecule has 0 saturated carbocycles. The SMILES string of the molecule is COC1CN(CCn2cc3c(n2)N(Cc2ccccc2C(F)(F)F)C(=O)N(C2CCN(c4c(C)cccc4F)CC2)C3)C1. The fraction of sp³-hybridized carbons (Fsp3) is 0.484. The van der Waals surface area contributed by atoms with Crippen LogP contribution in [0.15, 0.2) is 48.7 Å². The maximum absolute atomic E-state index is 14.7. The van der Waals surface area contributed by atoms with Crippen LogP contribution in [0, 0.1) is 12.7 Å². The molecule has 0 spiro atoms. The van der Waals surface area contributed by atoms with Gasteiger partial charge in [0, 0.05) is 57.6 Å². The van der Waals surface area contributed by atoms with Crippen LogP contribution in [0.1, 0.15) is 35.1 Å². The number of hydrogen-bond donors (Lipinski definition) is 0. The van der Waals surface area contributed by atoms with Crippen LogP contribution < -0.4 is 9.80 Å². The molecule has 0 unspecified atom stereocenters. The molecule has 2 saturated heterocycles. The van der Waals surface area contributed by atoms with E-state index in [1.807, 2.05) is 24.1 Å². The average Bonchev–Trinajstić information content (AvgIpc) is 3.36. The molecule has 2 fully saturated rings. The maximum atomic E-state index is 14.7. The Morgan fingerprint density at radius 3 is 2.47 bits per heavy atom. The van der Waals surface area contributed by atoms with Crippen LogP contribution in [-0.2, 0) is 30.5 Å². The molecule has 0 N–H and O–H groups in total. The molecule has 0 radical (unpaired) electrons. The monoisotopic (exact) mass is 600 g/mol. The summed E-state index contributed by atoms with van der Waals surface area (Å²) in [7, 11) is 1.70. The zero-order valence-electron chi connectivity index (χ0n) is 24.4. The number of amides is 2. The number of anilines is 2. The van der Waals surface area contributed by atoms with E-state index in [0.717, 1.165) is 36.8 Å². The highest BCUT2D eigenvalue weighted by atomic mass is 19.4. The fourth-order valence-corrected chi connectivity index (χ4v) is 6.46. The number of para-hydroxylation sites is 1. The van der Waals surface area contributed by atoms with Gasteiger partial charge in [-0.15, -0.1) is 0 Å². The second kappa shape index (κ2) is 11.8. The van der Waals surface area contributed by atoms with E-state index in [4.69, 9.17) is 9.84 Å². The first-order valence-electron chi connectivity index (χ1n) is 14.7. The van der Waals surface area contributed by atoms with Gasteiger partial charge < -0.3 is 14.5 Å². The maximum Gasteiger partial charge on any atom is 0.416 e. The van der Waals surface area contributed by atoms with Gasteiger partial charge in [-0.05, 0) is 43.0 Å². The zero-order valence-corrected chi connectivity index (χ0v) is 24.4. The van der Waals surface area contributed by atoms with E-state index in [9.17, 15) is 22.4 Å². The van der Waals surface area contributed by atoms with Crippen molar-refractivity contribution in [2.24, 2.45) is 0 Å². The van der Waals surface area contributed by atoms with Crippen molar-refractivity contribution in [1.82, 2.24) is 19.6 Å². The van der Waals surface area contributed by atoms with Crippen molar-refractivity contribution in [3.63, 3.8) is 0 Å². The summed E-state index contributed by atoms with van der Waals surface area (Å²) in [6.45, 7) is 6.12. The van der Waals surface area contributed by atoms with E-state index >= 15 is 0 Å². The van der Waals surface area contributed by atoms with Crippen LogP contribution in [0.5, 0.6) is 0 Å². The van der Waals surface area contributed by atoms with Crippen LogP contribution in [0.2, 0.25) is 0 Å². The van der Waals surface area contributed by atoms with Gasteiger partial charge in [-0.1, -0.05) is 30.3 Å².